The summed E-state index contributed by atoms with van der Waals surface area (Å²) >= 11 is 0. The first-order chi connectivity index (χ1) is 16.3. The highest BCUT2D eigenvalue weighted by Crippen LogP contribution is 2.30. The van der Waals surface area contributed by atoms with Gasteiger partial charge in [-0.25, -0.2) is 0 Å². The number of carbonyl (C=O) groups is 1. The van der Waals surface area contributed by atoms with Crippen LogP contribution >= 0.6 is 0 Å². The van der Waals surface area contributed by atoms with Crippen molar-refractivity contribution in [2.24, 2.45) is 0 Å². The highest BCUT2D eigenvalue weighted by molar-refractivity contribution is 5.78. The van der Waals surface area contributed by atoms with Crippen LogP contribution in [0.1, 0.15) is 62.9 Å². The van der Waals surface area contributed by atoms with Crippen LogP contribution < -0.4 is 5.56 Å². The van der Waals surface area contributed by atoms with E-state index < -0.39 is 0 Å². The Balaban J connectivity index is 2.31. The maximum atomic E-state index is 14.1. The second kappa shape index (κ2) is 11.0. The van der Waals surface area contributed by atoms with Gasteiger partial charge in [0.25, 0.3) is 5.56 Å². The molecular weight excluding hydrogens is 422 g/mol. The van der Waals surface area contributed by atoms with Gasteiger partial charge in [-0.2, -0.15) is 5.26 Å². The summed E-state index contributed by atoms with van der Waals surface area (Å²) in [5.41, 5.74) is 5.29. The van der Waals surface area contributed by atoms with Gasteiger partial charge in [-0.3, -0.25) is 14.2 Å². The van der Waals surface area contributed by atoms with Gasteiger partial charge in [0, 0.05) is 35.3 Å². The maximum absolute atomic E-state index is 14.1. The molecule has 0 atom stereocenters. The standard InChI is InChI=1S/C29H33N3O2/c1-6-7-13-24-17-21(4)27(19-31(20(2)3)22(5)33)29(34)32(24)28-16-11-10-15-26(28)25-14-9-8-12-23(25)18-30/h8-12,14-17,20H,6-7,13,19H2,1-5H3. The first-order valence-corrected chi connectivity index (χ1v) is 11.9. The van der Waals surface area contributed by atoms with E-state index in [1.807, 2.05) is 63.2 Å². The smallest absolute Gasteiger partial charge is 0.260 e. The van der Waals surface area contributed by atoms with Gasteiger partial charge < -0.3 is 4.90 Å². The molecule has 34 heavy (non-hydrogen) atoms. The predicted octanol–water partition coefficient (Wildman–Crippen LogP) is 5.78. The molecule has 5 nitrogen and oxygen atoms in total. The zero-order valence-electron chi connectivity index (χ0n) is 20.8. The normalized spacial score (nSPS) is 10.9. The number of benzene rings is 2. The van der Waals surface area contributed by atoms with Crippen molar-refractivity contribution in [1.29, 1.82) is 5.26 Å². The fourth-order valence-corrected chi connectivity index (χ4v) is 4.37. The molecule has 0 radical (unpaired) electrons. The third kappa shape index (κ3) is 5.12. The van der Waals surface area contributed by atoms with Crippen LogP contribution in [0.2, 0.25) is 0 Å². The van der Waals surface area contributed by atoms with Crippen LogP contribution in [0.25, 0.3) is 16.8 Å². The number of para-hydroxylation sites is 1. The van der Waals surface area contributed by atoms with E-state index in [0.717, 1.165) is 47.3 Å². The molecule has 0 fully saturated rings. The molecule has 1 amide bonds. The largest absolute Gasteiger partial charge is 0.336 e. The number of aryl methyl sites for hydroxylation is 2. The van der Waals surface area contributed by atoms with Crippen LogP contribution in [0.5, 0.6) is 0 Å². The molecule has 0 unspecified atom stereocenters. The summed E-state index contributed by atoms with van der Waals surface area (Å²) in [4.78, 5) is 28.0. The number of unbranched alkanes of at least 4 members (excludes halogenated alkanes) is 1. The summed E-state index contributed by atoms with van der Waals surface area (Å²) in [6.07, 6.45) is 2.74. The van der Waals surface area contributed by atoms with Crippen LogP contribution in [-0.2, 0) is 17.8 Å². The third-order valence-corrected chi connectivity index (χ3v) is 6.23. The van der Waals surface area contributed by atoms with Crippen molar-refractivity contribution in [3.8, 4) is 22.9 Å². The summed E-state index contributed by atoms with van der Waals surface area (Å²) in [5.74, 6) is -0.0567. The molecular formula is C29H33N3O2. The molecule has 3 aromatic rings. The lowest BCUT2D eigenvalue weighted by atomic mass is 9.97. The molecule has 0 saturated heterocycles. The van der Waals surface area contributed by atoms with Crippen molar-refractivity contribution in [1.82, 2.24) is 9.47 Å². The summed E-state index contributed by atoms with van der Waals surface area (Å²) < 4.78 is 1.79. The molecule has 0 spiro atoms. The van der Waals surface area contributed by atoms with Gasteiger partial charge in [-0.05, 0) is 57.4 Å². The molecule has 0 bridgehead atoms. The monoisotopic (exact) mass is 455 g/mol. The molecule has 1 aromatic heterocycles. The molecule has 0 N–H and O–H groups in total. The average molecular weight is 456 g/mol. The lowest BCUT2D eigenvalue weighted by Gasteiger charge is -2.27. The van der Waals surface area contributed by atoms with E-state index in [2.05, 4.69) is 19.1 Å². The van der Waals surface area contributed by atoms with Crippen molar-refractivity contribution >= 4 is 5.91 Å². The first-order valence-electron chi connectivity index (χ1n) is 11.9. The van der Waals surface area contributed by atoms with Crippen LogP contribution in [0, 0.1) is 18.3 Å². The molecule has 1 heterocycles. The van der Waals surface area contributed by atoms with Crippen LogP contribution in [-0.4, -0.2) is 21.4 Å². The Labute approximate surface area is 202 Å². The molecule has 0 aliphatic heterocycles. The zero-order chi connectivity index (χ0) is 24.8. The Kier molecular flexibility index (Phi) is 8.07. The van der Waals surface area contributed by atoms with E-state index in [1.165, 1.54) is 6.92 Å². The Bertz CT molecular complexity index is 1280. The average Bonchev–Trinajstić information content (AvgIpc) is 2.82. The number of pyridine rings is 1. The quantitative estimate of drug-likeness (QED) is 0.432. The van der Waals surface area contributed by atoms with Crippen LogP contribution in [0.15, 0.2) is 59.4 Å². The van der Waals surface area contributed by atoms with Crippen molar-refractivity contribution in [2.45, 2.75) is 66.5 Å². The Hall–Kier alpha value is -3.65. The number of hydrogen-bond donors (Lipinski definition) is 0. The summed E-state index contributed by atoms with van der Waals surface area (Å²) in [7, 11) is 0. The Morgan fingerprint density at radius 3 is 2.35 bits per heavy atom. The second-order valence-electron chi connectivity index (χ2n) is 8.96. The molecule has 3 rings (SSSR count). The van der Waals surface area contributed by atoms with Crippen molar-refractivity contribution in [2.75, 3.05) is 0 Å². The number of carbonyl (C=O) groups excluding carboxylic acids is 1. The van der Waals surface area contributed by atoms with E-state index in [9.17, 15) is 14.9 Å². The number of amides is 1. The van der Waals surface area contributed by atoms with Crippen LogP contribution in [0.3, 0.4) is 0 Å². The fraction of sp³-hybridized carbons (Fsp3) is 0.345. The van der Waals surface area contributed by atoms with Crippen molar-refractivity contribution < 1.29 is 4.79 Å². The maximum Gasteiger partial charge on any atom is 0.260 e. The summed E-state index contributed by atoms with van der Waals surface area (Å²) in [5, 5.41) is 9.69. The number of hydrogen-bond acceptors (Lipinski definition) is 3. The van der Waals surface area contributed by atoms with Crippen molar-refractivity contribution in [3.05, 3.63) is 87.3 Å². The summed E-state index contributed by atoms with van der Waals surface area (Å²) in [6.45, 7) is 9.80. The minimum Gasteiger partial charge on any atom is -0.336 e. The van der Waals surface area contributed by atoms with Crippen molar-refractivity contribution in [3.63, 3.8) is 0 Å². The lowest BCUT2D eigenvalue weighted by Crippen LogP contribution is -2.38. The minimum atomic E-state index is -0.111. The number of nitrogens with zero attached hydrogens (tertiary/aromatic N) is 3. The first kappa shape index (κ1) is 25.0. The highest BCUT2D eigenvalue weighted by Gasteiger charge is 2.21. The van der Waals surface area contributed by atoms with Gasteiger partial charge in [0.15, 0.2) is 0 Å². The minimum absolute atomic E-state index is 0.0145. The molecule has 176 valence electrons. The van der Waals surface area contributed by atoms with Crippen LogP contribution in [0.4, 0.5) is 0 Å². The Morgan fingerprint density at radius 2 is 1.74 bits per heavy atom. The predicted molar refractivity (Wildman–Crippen MR) is 137 cm³/mol. The SMILES string of the molecule is CCCCc1cc(C)c(CN(C(C)=O)C(C)C)c(=O)n1-c1ccccc1-c1ccccc1C#N. The number of rotatable bonds is 8. The second-order valence-corrected chi connectivity index (χ2v) is 8.96. The highest BCUT2D eigenvalue weighted by atomic mass is 16.2. The van der Waals surface area contributed by atoms with E-state index >= 15 is 0 Å². The van der Waals surface area contributed by atoms with Gasteiger partial charge in [0.1, 0.15) is 0 Å². The zero-order valence-corrected chi connectivity index (χ0v) is 20.8. The van der Waals surface area contributed by atoms with Gasteiger partial charge in [-0.15, -0.1) is 0 Å². The third-order valence-electron chi connectivity index (χ3n) is 6.23. The Morgan fingerprint density at radius 1 is 1.09 bits per heavy atom. The summed E-state index contributed by atoms with van der Waals surface area (Å²) in [6, 6.07) is 19.5. The topological polar surface area (TPSA) is 66.1 Å². The fourth-order valence-electron chi connectivity index (χ4n) is 4.37. The van der Waals surface area contributed by atoms with E-state index in [4.69, 9.17) is 0 Å². The van der Waals surface area contributed by atoms with E-state index in [0.29, 0.717) is 11.1 Å². The molecule has 5 heteroatoms. The van der Waals surface area contributed by atoms with Gasteiger partial charge in [-0.1, -0.05) is 49.7 Å². The van der Waals surface area contributed by atoms with Gasteiger partial charge in [0.05, 0.1) is 23.9 Å². The molecule has 0 aliphatic rings. The molecule has 0 saturated carbocycles. The molecule has 2 aromatic carbocycles. The number of nitriles is 1. The van der Waals surface area contributed by atoms with E-state index in [-0.39, 0.29) is 24.1 Å². The van der Waals surface area contributed by atoms with Gasteiger partial charge >= 0.3 is 0 Å². The lowest BCUT2D eigenvalue weighted by molar-refractivity contribution is -0.131. The van der Waals surface area contributed by atoms with Gasteiger partial charge in [0.2, 0.25) is 5.91 Å². The van der Waals surface area contributed by atoms with E-state index in [1.54, 1.807) is 15.5 Å². The molecule has 0 aliphatic carbocycles. The number of aromatic nitrogens is 1.